The Bertz CT molecular complexity index is 656. The van der Waals surface area contributed by atoms with E-state index < -0.39 is 0 Å². The molecule has 0 spiro atoms. The number of hydrogen-bond acceptors (Lipinski definition) is 0. The second kappa shape index (κ2) is 7.61. The van der Waals surface area contributed by atoms with Crippen molar-refractivity contribution >= 4 is 0 Å². The lowest BCUT2D eigenvalue weighted by molar-refractivity contribution is 0.621. The highest BCUT2D eigenvalue weighted by Crippen LogP contribution is 2.26. The largest absolute Gasteiger partial charge is 0.0622 e. The van der Waals surface area contributed by atoms with Crippen LogP contribution in [-0.2, 0) is 12.8 Å². The first-order valence-corrected chi connectivity index (χ1v) is 8.04. The van der Waals surface area contributed by atoms with Crippen molar-refractivity contribution in [3.63, 3.8) is 0 Å². The van der Waals surface area contributed by atoms with Gasteiger partial charge in [0.1, 0.15) is 0 Å². The van der Waals surface area contributed by atoms with E-state index in [9.17, 15) is 0 Å². The Hall–Kier alpha value is -2.34. The minimum atomic E-state index is 0.573. The zero-order chi connectivity index (χ0) is 15.0. The summed E-state index contributed by atoms with van der Waals surface area (Å²) in [5.41, 5.74) is 4.29. The van der Waals surface area contributed by atoms with E-state index in [1.807, 2.05) is 0 Å². The average Bonchev–Trinajstić information content (AvgIpc) is 2.61. The molecule has 3 rings (SSSR count). The van der Waals surface area contributed by atoms with Crippen LogP contribution < -0.4 is 0 Å². The molecule has 0 radical (unpaired) electrons. The van der Waals surface area contributed by atoms with E-state index in [1.165, 1.54) is 23.1 Å². The molecule has 22 heavy (non-hydrogen) atoms. The first-order valence-electron chi connectivity index (χ1n) is 8.04. The van der Waals surface area contributed by atoms with E-state index in [2.05, 4.69) is 91.0 Å². The number of rotatable bonds is 6. The van der Waals surface area contributed by atoms with Crippen LogP contribution in [0.4, 0.5) is 0 Å². The lowest BCUT2D eigenvalue weighted by Gasteiger charge is -2.18. The van der Waals surface area contributed by atoms with Crippen molar-refractivity contribution in [2.75, 3.05) is 0 Å². The molecule has 0 N–H and O–H groups in total. The van der Waals surface area contributed by atoms with Gasteiger partial charge in [0.15, 0.2) is 0 Å². The van der Waals surface area contributed by atoms with Crippen LogP contribution in [0.3, 0.4) is 0 Å². The van der Waals surface area contributed by atoms with Gasteiger partial charge in [-0.05, 0) is 41.9 Å². The molecule has 3 aromatic carbocycles. The van der Waals surface area contributed by atoms with Crippen molar-refractivity contribution in [1.82, 2.24) is 0 Å². The average molecular weight is 286 g/mol. The predicted molar refractivity (Wildman–Crippen MR) is 94.1 cm³/mol. The third kappa shape index (κ3) is 4.08. The van der Waals surface area contributed by atoms with Crippen LogP contribution in [0.1, 0.15) is 29.0 Å². The molecule has 0 saturated carbocycles. The molecule has 0 aliphatic rings. The van der Waals surface area contributed by atoms with E-state index in [0.29, 0.717) is 5.92 Å². The van der Waals surface area contributed by atoms with E-state index in [-0.39, 0.29) is 0 Å². The second-order valence-electron chi connectivity index (χ2n) is 5.82. The standard InChI is InChI=1S/C22H22/c1-4-10-19(11-5-1)16-17-22(21-14-8-3-9-15-21)18-20-12-6-2-7-13-20/h1-15,22H,16-18H2. The third-order valence-corrected chi connectivity index (χ3v) is 4.22. The topological polar surface area (TPSA) is 0 Å². The Labute approximate surface area is 133 Å². The molecule has 0 aliphatic carbocycles. The fourth-order valence-electron chi connectivity index (χ4n) is 3.00. The number of benzene rings is 3. The highest BCUT2D eigenvalue weighted by atomic mass is 14.2. The van der Waals surface area contributed by atoms with Gasteiger partial charge in [0.05, 0.1) is 0 Å². The summed E-state index contributed by atoms with van der Waals surface area (Å²) in [6, 6.07) is 32.5. The van der Waals surface area contributed by atoms with E-state index in [1.54, 1.807) is 0 Å². The summed E-state index contributed by atoms with van der Waals surface area (Å²) >= 11 is 0. The Kier molecular flexibility index (Phi) is 5.04. The van der Waals surface area contributed by atoms with Crippen molar-refractivity contribution in [1.29, 1.82) is 0 Å². The Morgan fingerprint density at radius 2 is 1.05 bits per heavy atom. The minimum Gasteiger partial charge on any atom is -0.0622 e. The molecule has 0 fully saturated rings. The molecule has 3 aromatic rings. The molecular weight excluding hydrogens is 264 g/mol. The fourth-order valence-corrected chi connectivity index (χ4v) is 3.00. The molecule has 0 amide bonds. The predicted octanol–water partition coefficient (Wildman–Crippen LogP) is 5.65. The monoisotopic (exact) mass is 286 g/mol. The summed E-state index contributed by atoms with van der Waals surface area (Å²) in [5, 5.41) is 0. The quantitative estimate of drug-likeness (QED) is 0.549. The van der Waals surface area contributed by atoms with Crippen LogP contribution in [0, 0.1) is 0 Å². The normalized spacial score (nSPS) is 12.0. The summed E-state index contributed by atoms with van der Waals surface area (Å²) in [4.78, 5) is 0. The Morgan fingerprint density at radius 1 is 0.545 bits per heavy atom. The van der Waals surface area contributed by atoms with Crippen molar-refractivity contribution in [3.8, 4) is 0 Å². The van der Waals surface area contributed by atoms with Gasteiger partial charge in [-0.2, -0.15) is 0 Å². The summed E-state index contributed by atoms with van der Waals surface area (Å²) in [6.07, 6.45) is 3.42. The minimum absolute atomic E-state index is 0.573. The molecular formula is C22H22. The smallest absolute Gasteiger partial charge is 0.0118 e. The van der Waals surface area contributed by atoms with Crippen molar-refractivity contribution < 1.29 is 0 Å². The highest BCUT2D eigenvalue weighted by molar-refractivity contribution is 5.25. The molecule has 110 valence electrons. The maximum atomic E-state index is 2.26. The lowest BCUT2D eigenvalue weighted by atomic mass is 9.87. The van der Waals surface area contributed by atoms with Gasteiger partial charge >= 0.3 is 0 Å². The van der Waals surface area contributed by atoms with Gasteiger partial charge in [0, 0.05) is 0 Å². The van der Waals surface area contributed by atoms with E-state index >= 15 is 0 Å². The van der Waals surface area contributed by atoms with Gasteiger partial charge in [-0.25, -0.2) is 0 Å². The lowest BCUT2D eigenvalue weighted by Crippen LogP contribution is -2.05. The van der Waals surface area contributed by atoms with Gasteiger partial charge < -0.3 is 0 Å². The molecule has 0 heteroatoms. The van der Waals surface area contributed by atoms with Crippen molar-refractivity contribution in [2.45, 2.75) is 25.2 Å². The molecule has 0 aromatic heterocycles. The second-order valence-corrected chi connectivity index (χ2v) is 5.82. The zero-order valence-corrected chi connectivity index (χ0v) is 12.9. The van der Waals surface area contributed by atoms with Crippen LogP contribution in [0.2, 0.25) is 0 Å². The first-order chi connectivity index (χ1) is 10.9. The van der Waals surface area contributed by atoms with Gasteiger partial charge in [-0.3, -0.25) is 0 Å². The van der Waals surface area contributed by atoms with Gasteiger partial charge in [0.2, 0.25) is 0 Å². The van der Waals surface area contributed by atoms with Gasteiger partial charge in [-0.15, -0.1) is 0 Å². The van der Waals surface area contributed by atoms with Crippen molar-refractivity contribution in [2.24, 2.45) is 0 Å². The van der Waals surface area contributed by atoms with Gasteiger partial charge in [0.25, 0.3) is 0 Å². The summed E-state index contributed by atoms with van der Waals surface area (Å²) in [6.45, 7) is 0. The summed E-state index contributed by atoms with van der Waals surface area (Å²) < 4.78 is 0. The molecule has 0 aliphatic heterocycles. The molecule has 1 unspecified atom stereocenters. The van der Waals surface area contributed by atoms with Crippen LogP contribution in [0.15, 0.2) is 91.0 Å². The van der Waals surface area contributed by atoms with Crippen LogP contribution >= 0.6 is 0 Å². The van der Waals surface area contributed by atoms with Crippen LogP contribution in [-0.4, -0.2) is 0 Å². The summed E-state index contributed by atoms with van der Waals surface area (Å²) in [7, 11) is 0. The molecule has 1 atom stereocenters. The zero-order valence-electron chi connectivity index (χ0n) is 12.9. The van der Waals surface area contributed by atoms with E-state index in [0.717, 1.165) is 12.8 Å². The van der Waals surface area contributed by atoms with Crippen LogP contribution in [0.25, 0.3) is 0 Å². The van der Waals surface area contributed by atoms with E-state index in [4.69, 9.17) is 0 Å². The Balaban J connectivity index is 1.74. The molecule has 0 saturated heterocycles. The maximum Gasteiger partial charge on any atom is -0.0118 e. The van der Waals surface area contributed by atoms with Gasteiger partial charge in [-0.1, -0.05) is 91.0 Å². The third-order valence-electron chi connectivity index (χ3n) is 4.22. The number of aryl methyl sites for hydroxylation is 1. The SMILES string of the molecule is c1ccc(CCC(Cc2ccccc2)c2ccccc2)cc1. The molecule has 0 bridgehead atoms. The maximum absolute atomic E-state index is 2.26. The molecule has 0 heterocycles. The highest BCUT2D eigenvalue weighted by Gasteiger charge is 2.12. The Morgan fingerprint density at radius 3 is 1.64 bits per heavy atom. The molecule has 0 nitrogen and oxygen atoms in total. The first kappa shape index (κ1) is 14.6. The summed E-state index contributed by atoms with van der Waals surface area (Å²) in [5.74, 6) is 0.573. The van der Waals surface area contributed by atoms with Crippen molar-refractivity contribution in [3.05, 3.63) is 108 Å². The fraction of sp³-hybridized carbons (Fsp3) is 0.182. The van der Waals surface area contributed by atoms with Crippen LogP contribution in [0.5, 0.6) is 0 Å². The number of hydrogen-bond donors (Lipinski definition) is 0.